The SMILES string of the molecule is C=CCOc1ccc(C(=O)N/N=C/c2cc(Br)ccc2OS(=O)(=O)c2ccc(C)cc2)cc1OCC. The van der Waals surface area contributed by atoms with Gasteiger partial charge in [0.2, 0.25) is 0 Å². The van der Waals surface area contributed by atoms with Crippen molar-refractivity contribution in [3.05, 3.63) is 94.5 Å². The van der Waals surface area contributed by atoms with E-state index < -0.39 is 16.0 Å². The summed E-state index contributed by atoms with van der Waals surface area (Å²) in [4.78, 5) is 12.7. The molecule has 0 saturated carbocycles. The number of benzene rings is 3. The largest absolute Gasteiger partial charge is 0.490 e. The first kappa shape index (κ1) is 27.0. The van der Waals surface area contributed by atoms with Gasteiger partial charge < -0.3 is 13.7 Å². The van der Waals surface area contributed by atoms with Gasteiger partial charge in [-0.15, -0.1) is 0 Å². The molecular formula is C26H25BrN2O6S. The summed E-state index contributed by atoms with van der Waals surface area (Å²) >= 11 is 3.35. The summed E-state index contributed by atoms with van der Waals surface area (Å²) in [5, 5.41) is 3.98. The van der Waals surface area contributed by atoms with E-state index in [-0.39, 0.29) is 10.6 Å². The first-order chi connectivity index (χ1) is 17.2. The van der Waals surface area contributed by atoms with E-state index in [1.807, 2.05) is 13.8 Å². The van der Waals surface area contributed by atoms with E-state index in [9.17, 15) is 13.2 Å². The molecule has 0 aromatic heterocycles. The molecule has 0 spiro atoms. The van der Waals surface area contributed by atoms with Crippen molar-refractivity contribution in [3.8, 4) is 17.2 Å². The van der Waals surface area contributed by atoms with E-state index >= 15 is 0 Å². The summed E-state index contributed by atoms with van der Waals surface area (Å²) in [5.41, 5.74) is 3.99. The first-order valence-corrected chi connectivity index (χ1v) is 13.1. The van der Waals surface area contributed by atoms with Gasteiger partial charge in [-0.2, -0.15) is 13.5 Å². The predicted octanol–water partition coefficient (Wildman–Crippen LogP) is 5.25. The van der Waals surface area contributed by atoms with Gasteiger partial charge in [0.1, 0.15) is 11.5 Å². The molecule has 188 valence electrons. The minimum absolute atomic E-state index is 0.0258. The molecule has 0 heterocycles. The van der Waals surface area contributed by atoms with Crippen molar-refractivity contribution < 1.29 is 26.9 Å². The number of halogens is 1. The lowest BCUT2D eigenvalue weighted by molar-refractivity contribution is 0.0954. The van der Waals surface area contributed by atoms with E-state index in [1.54, 1.807) is 48.5 Å². The molecule has 1 N–H and O–H groups in total. The number of hydrogen-bond acceptors (Lipinski definition) is 7. The number of hydrogen-bond donors (Lipinski definition) is 1. The lowest BCUT2D eigenvalue weighted by Gasteiger charge is -2.12. The van der Waals surface area contributed by atoms with Gasteiger partial charge in [0.25, 0.3) is 5.91 Å². The Kier molecular flexibility index (Phi) is 9.26. The van der Waals surface area contributed by atoms with Crippen LogP contribution >= 0.6 is 15.9 Å². The third-order valence-electron chi connectivity index (χ3n) is 4.71. The predicted molar refractivity (Wildman–Crippen MR) is 141 cm³/mol. The number of nitrogens with one attached hydrogen (secondary N) is 1. The molecule has 36 heavy (non-hydrogen) atoms. The molecule has 3 aromatic carbocycles. The van der Waals surface area contributed by atoms with Crippen molar-refractivity contribution in [3.63, 3.8) is 0 Å². The number of nitrogens with zero attached hydrogens (tertiary/aromatic N) is 1. The molecule has 0 saturated heterocycles. The van der Waals surface area contributed by atoms with E-state index in [0.717, 1.165) is 5.56 Å². The van der Waals surface area contributed by atoms with Crippen LogP contribution in [0.15, 0.2) is 87.8 Å². The second-order valence-corrected chi connectivity index (χ2v) is 9.89. The van der Waals surface area contributed by atoms with Gasteiger partial charge in [-0.25, -0.2) is 5.43 Å². The van der Waals surface area contributed by atoms with Crippen LogP contribution in [0.5, 0.6) is 17.2 Å². The molecular weight excluding hydrogens is 548 g/mol. The summed E-state index contributed by atoms with van der Waals surface area (Å²) in [6, 6.07) is 15.8. The highest BCUT2D eigenvalue weighted by Gasteiger charge is 2.18. The maximum atomic E-state index is 12.7. The Morgan fingerprint density at radius 2 is 1.75 bits per heavy atom. The van der Waals surface area contributed by atoms with Crippen LogP contribution in [0.2, 0.25) is 0 Å². The Morgan fingerprint density at radius 3 is 2.44 bits per heavy atom. The van der Waals surface area contributed by atoms with Crippen LogP contribution in [0.4, 0.5) is 0 Å². The molecule has 0 atom stereocenters. The summed E-state index contributed by atoms with van der Waals surface area (Å²) < 4.78 is 42.6. The first-order valence-electron chi connectivity index (χ1n) is 10.9. The Labute approximate surface area is 218 Å². The van der Waals surface area contributed by atoms with Crippen LogP contribution in [-0.2, 0) is 10.1 Å². The molecule has 0 bridgehead atoms. The second-order valence-electron chi connectivity index (χ2n) is 7.43. The molecule has 0 unspecified atom stereocenters. The number of carbonyl (C=O) groups is 1. The third-order valence-corrected chi connectivity index (χ3v) is 6.45. The molecule has 10 heteroatoms. The van der Waals surface area contributed by atoms with E-state index in [4.69, 9.17) is 13.7 Å². The smallest absolute Gasteiger partial charge is 0.339 e. The van der Waals surface area contributed by atoms with Crippen LogP contribution in [0.25, 0.3) is 0 Å². The maximum absolute atomic E-state index is 12.7. The summed E-state index contributed by atoms with van der Waals surface area (Å²) in [6.45, 7) is 7.99. The minimum Gasteiger partial charge on any atom is -0.490 e. The highest BCUT2D eigenvalue weighted by atomic mass is 79.9. The zero-order valence-electron chi connectivity index (χ0n) is 19.7. The Morgan fingerprint density at radius 1 is 1.03 bits per heavy atom. The van der Waals surface area contributed by atoms with Crippen LogP contribution < -0.4 is 19.1 Å². The van der Waals surface area contributed by atoms with Gasteiger partial charge in [0.15, 0.2) is 17.2 Å². The fraction of sp³-hybridized carbons (Fsp3) is 0.154. The number of carbonyl (C=O) groups excluding carboxylic acids is 1. The van der Waals surface area contributed by atoms with Gasteiger partial charge in [0, 0.05) is 15.6 Å². The second kappa shape index (κ2) is 12.4. The summed E-state index contributed by atoms with van der Waals surface area (Å²) in [6.07, 6.45) is 2.91. The maximum Gasteiger partial charge on any atom is 0.339 e. The van der Waals surface area contributed by atoms with Gasteiger partial charge >= 0.3 is 10.1 Å². The molecule has 8 nitrogen and oxygen atoms in total. The van der Waals surface area contributed by atoms with Crippen molar-refractivity contribution in [2.45, 2.75) is 18.7 Å². The number of rotatable bonds is 11. The molecule has 1 amide bonds. The number of aryl methyl sites for hydroxylation is 1. The van der Waals surface area contributed by atoms with E-state index in [1.165, 1.54) is 24.4 Å². The number of ether oxygens (including phenoxy) is 2. The van der Waals surface area contributed by atoms with E-state index in [0.29, 0.717) is 40.3 Å². The normalized spacial score (nSPS) is 11.2. The average molecular weight is 573 g/mol. The lowest BCUT2D eigenvalue weighted by Crippen LogP contribution is -2.18. The van der Waals surface area contributed by atoms with Crippen molar-refractivity contribution in [1.82, 2.24) is 5.43 Å². The van der Waals surface area contributed by atoms with Crippen LogP contribution in [0.3, 0.4) is 0 Å². The van der Waals surface area contributed by atoms with Crippen LogP contribution in [-0.4, -0.2) is 33.8 Å². The van der Waals surface area contributed by atoms with Crippen molar-refractivity contribution >= 4 is 38.2 Å². The average Bonchev–Trinajstić information content (AvgIpc) is 2.85. The quantitative estimate of drug-likeness (QED) is 0.146. The monoisotopic (exact) mass is 572 g/mol. The third kappa shape index (κ3) is 7.19. The van der Waals surface area contributed by atoms with Crippen LogP contribution in [0, 0.1) is 6.92 Å². The Bertz CT molecular complexity index is 1370. The summed E-state index contributed by atoms with van der Waals surface area (Å²) in [5.74, 6) is 0.467. The van der Waals surface area contributed by atoms with Crippen LogP contribution in [0.1, 0.15) is 28.4 Å². The number of amides is 1. The molecule has 3 rings (SSSR count). The topological polar surface area (TPSA) is 103 Å². The van der Waals surface area contributed by atoms with Crippen molar-refractivity contribution in [2.75, 3.05) is 13.2 Å². The van der Waals surface area contributed by atoms with Crippen molar-refractivity contribution in [1.29, 1.82) is 0 Å². The van der Waals surface area contributed by atoms with Gasteiger partial charge in [-0.1, -0.05) is 46.3 Å². The molecule has 0 radical (unpaired) electrons. The fourth-order valence-electron chi connectivity index (χ4n) is 2.98. The molecule has 0 aliphatic carbocycles. The van der Waals surface area contributed by atoms with Crippen molar-refractivity contribution in [2.24, 2.45) is 5.10 Å². The summed E-state index contributed by atoms with van der Waals surface area (Å²) in [7, 11) is -4.07. The molecule has 3 aromatic rings. The highest BCUT2D eigenvalue weighted by Crippen LogP contribution is 2.29. The molecule has 0 aliphatic heterocycles. The van der Waals surface area contributed by atoms with Gasteiger partial charge in [-0.3, -0.25) is 4.79 Å². The Balaban J connectivity index is 1.77. The molecule has 0 aliphatic rings. The zero-order valence-corrected chi connectivity index (χ0v) is 22.1. The zero-order chi connectivity index (χ0) is 26.1. The van der Waals surface area contributed by atoms with Gasteiger partial charge in [0.05, 0.1) is 12.8 Å². The fourth-order valence-corrected chi connectivity index (χ4v) is 4.31. The Hall–Kier alpha value is -3.63. The molecule has 0 fully saturated rings. The standard InChI is InChI=1S/C26H25BrN2O6S/c1-4-14-34-24-12-8-19(16-25(24)33-5-2)26(30)29-28-17-20-15-21(27)9-13-23(20)35-36(31,32)22-10-6-18(3)7-11-22/h4,6-13,15-17H,1,5,14H2,2-3H3,(H,29,30)/b28-17+. The number of hydrazone groups is 1. The van der Waals surface area contributed by atoms with E-state index in [2.05, 4.69) is 33.0 Å². The lowest BCUT2D eigenvalue weighted by atomic mass is 10.2. The van der Waals surface area contributed by atoms with Gasteiger partial charge in [-0.05, 0) is 62.4 Å². The minimum atomic E-state index is -4.07. The highest BCUT2D eigenvalue weighted by molar-refractivity contribution is 9.10.